The van der Waals surface area contributed by atoms with Gasteiger partial charge in [-0.2, -0.15) is 5.10 Å². The van der Waals surface area contributed by atoms with Gasteiger partial charge in [0.05, 0.1) is 15.9 Å². The second kappa shape index (κ2) is 5.50. The summed E-state index contributed by atoms with van der Waals surface area (Å²) < 4.78 is 3.15. The van der Waals surface area contributed by atoms with Gasteiger partial charge in [0, 0.05) is 26.2 Å². The summed E-state index contributed by atoms with van der Waals surface area (Å²) in [5, 5.41) is 7.96. The predicted octanol–water partition coefficient (Wildman–Crippen LogP) is 1.67. The van der Waals surface area contributed by atoms with E-state index in [1.807, 2.05) is 18.7 Å². The minimum atomic E-state index is 0.575. The van der Waals surface area contributed by atoms with Gasteiger partial charge in [-0.25, -0.2) is 0 Å². The molecule has 4 nitrogen and oxygen atoms in total. The summed E-state index contributed by atoms with van der Waals surface area (Å²) >= 11 is 3.64. The summed E-state index contributed by atoms with van der Waals surface area (Å²) in [5.74, 6) is 0. The Balaban J connectivity index is 2.08. The van der Waals surface area contributed by atoms with Gasteiger partial charge in [0.15, 0.2) is 0 Å². The molecule has 17 heavy (non-hydrogen) atoms. The number of halogens is 1. The highest BCUT2D eigenvalue weighted by Gasteiger charge is 2.18. The minimum absolute atomic E-state index is 0.575. The zero-order valence-electron chi connectivity index (χ0n) is 10.8. The highest BCUT2D eigenvalue weighted by molar-refractivity contribution is 9.10. The summed E-state index contributed by atoms with van der Waals surface area (Å²) in [6.45, 7) is 8.67. The molecule has 1 atom stereocenters. The van der Waals surface area contributed by atoms with E-state index in [0.717, 1.165) is 36.3 Å². The maximum absolute atomic E-state index is 4.45. The largest absolute Gasteiger partial charge is 0.313 e. The lowest BCUT2D eigenvalue weighted by molar-refractivity contribution is 0.257. The van der Waals surface area contributed by atoms with E-state index >= 15 is 0 Å². The summed E-state index contributed by atoms with van der Waals surface area (Å²) in [5.41, 5.74) is 2.35. The average molecular weight is 301 g/mol. The van der Waals surface area contributed by atoms with E-state index in [1.54, 1.807) is 0 Å². The first-order valence-corrected chi connectivity index (χ1v) is 7.01. The smallest absolute Gasteiger partial charge is 0.0739 e. The van der Waals surface area contributed by atoms with Crippen LogP contribution in [0, 0.1) is 6.92 Å². The lowest BCUT2D eigenvalue weighted by atomic mass is 10.3. The van der Waals surface area contributed by atoms with Crippen LogP contribution in [0.4, 0.5) is 0 Å². The fourth-order valence-electron chi connectivity index (χ4n) is 2.40. The molecule has 1 aromatic heterocycles. The molecule has 0 spiro atoms. The van der Waals surface area contributed by atoms with E-state index in [9.17, 15) is 0 Å². The van der Waals surface area contributed by atoms with Crippen LogP contribution in [0.2, 0.25) is 0 Å². The predicted molar refractivity (Wildman–Crippen MR) is 73.0 cm³/mol. The standard InChI is InChI=1S/C12H21BrN4/c1-9-7-17(6-4-5-14-9)8-11-12(13)10(2)15-16(11)3/h9,14H,4-8H2,1-3H3. The van der Waals surface area contributed by atoms with Crippen molar-refractivity contribution >= 4 is 15.9 Å². The first kappa shape index (κ1) is 13.1. The summed E-state index contributed by atoms with van der Waals surface area (Å²) in [4.78, 5) is 2.51. The molecule has 96 valence electrons. The van der Waals surface area contributed by atoms with E-state index in [4.69, 9.17) is 0 Å². The summed E-state index contributed by atoms with van der Waals surface area (Å²) in [6.07, 6.45) is 1.22. The molecule has 1 fully saturated rings. The zero-order chi connectivity index (χ0) is 12.4. The number of nitrogens with zero attached hydrogens (tertiary/aromatic N) is 3. The molecule has 0 saturated carbocycles. The van der Waals surface area contributed by atoms with Crippen molar-refractivity contribution in [2.75, 3.05) is 19.6 Å². The molecule has 0 aromatic carbocycles. The molecule has 1 aliphatic rings. The van der Waals surface area contributed by atoms with Gasteiger partial charge in [0.25, 0.3) is 0 Å². The Hall–Kier alpha value is -0.390. The van der Waals surface area contributed by atoms with Crippen molar-refractivity contribution in [3.05, 3.63) is 15.9 Å². The van der Waals surface area contributed by atoms with Crippen molar-refractivity contribution in [1.29, 1.82) is 0 Å². The zero-order valence-corrected chi connectivity index (χ0v) is 12.4. The van der Waals surface area contributed by atoms with Crippen LogP contribution < -0.4 is 5.32 Å². The third-order valence-electron chi connectivity index (χ3n) is 3.31. The molecular weight excluding hydrogens is 280 g/mol. The van der Waals surface area contributed by atoms with Gasteiger partial charge in [0.1, 0.15) is 0 Å². The van der Waals surface area contributed by atoms with Crippen LogP contribution in [0.15, 0.2) is 4.47 Å². The second-order valence-corrected chi connectivity index (χ2v) is 5.71. The lowest BCUT2D eigenvalue weighted by Crippen LogP contribution is -2.35. The molecule has 2 heterocycles. The van der Waals surface area contributed by atoms with Crippen LogP contribution in [-0.2, 0) is 13.6 Å². The summed E-state index contributed by atoms with van der Waals surface area (Å²) in [7, 11) is 2.02. The molecule has 1 N–H and O–H groups in total. The van der Waals surface area contributed by atoms with E-state index in [1.165, 1.54) is 12.1 Å². The van der Waals surface area contributed by atoms with Gasteiger partial charge >= 0.3 is 0 Å². The number of rotatable bonds is 2. The first-order chi connectivity index (χ1) is 8.08. The van der Waals surface area contributed by atoms with Gasteiger partial charge in [-0.05, 0) is 49.3 Å². The third-order valence-corrected chi connectivity index (χ3v) is 4.34. The maximum Gasteiger partial charge on any atom is 0.0739 e. The van der Waals surface area contributed by atoms with Gasteiger partial charge in [-0.1, -0.05) is 0 Å². The molecule has 0 bridgehead atoms. The second-order valence-electron chi connectivity index (χ2n) is 4.91. The molecule has 1 aliphatic heterocycles. The fraction of sp³-hybridized carbons (Fsp3) is 0.750. The average Bonchev–Trinajstić information content (AvgIpc) is 2.46. The molecule has 1 unspecified atom stereocenters. The van der Waals surface area contributed by atoms with Crippen molar-refractivity contribution in [1.82, 2.24) is 20.0 Å². The van der Waals surface area contributed by atoms with Crippen molar-refractivity contribution in [3.63, 3.8) is 0 Å². The Kier molecular flexibility index (Phi) is 4.22. The van der Waals surface area contributed by atoms with Gasteiger partial charge in [0.2, 0.25) is 0 Å². The molecule has 0 amide bonds. The Bertz CT molecular complexity index is 388. The molecular formula is C12H21BrN4. The first-order valence-electron chi connectivity index (χ1n) is 6.21. The normalized spacial score (nSPS) is 22.7. The van der Waals surface area contributed by atoms with Gasteiger partial charge < -0.3 is 5.32 Å². The molecule has 1 aromatic rings. The highest BCUT2D eigenvalue weighted by Crippen LogP contribution is 2.22. The van der Waals surface area contributed by atoms with Crippen LogP contribution in [0.3, 0.4) is 0 Å². The summed E-state index contributed by atoms with van der Waals surface area (Å²) in [6, 6.07) is 0.575. The SMILES string of the molecule is Cc1nn(C)c(CN2CCCNC(C)C2)c1Br. The number of aromatic nitrogens is 2. The quantitative estimate of drug-likeness (QED) is 0.902. The number of hydrogen-bond acceptors (Lipinski definition) is 3. The highest BCUT2D eigenvalue weighted by atomic mass is 79.9. The monoisotopic (exact) mass is 300 g/mol. The Labute approximate surface area is 111 Å². The van der Waals surface area contributed by atoms with Crippen molar-refractivity contribution in [2.24, 2.45) is 7.05 Å². The molecule has 1 saturated heterocycles. The van der Waals surface area contributed by atoms with Crippen molar-refractivity contribution in [3.8, 4) is 0 Å². The number of nitrogens with one attached hydrogen (secondary N) is 1. The third kappa shape index (κ3) is 3.09. The van der Waals surface area contributed by atoms with E-state index < -0.39 is 0 Å². The number of hydrogen-bond donors (Lipinski definition) is 1. The molecule has 2 rings (SSSR count). The van der Waals surface area contributed by atoms with Crippen LogP contribution >= 0.6 is 15.9 Å². The van der Waals surface area contributed by atoms with Crippen LogP contribution in [-0.4, -0.2) is 40.4 Å². The molecule has 0 aliphatic carbocycles. The number of aryl methyl sites for hydroxylation is 2. The Morgan fingerprint density at radius 3 is 2.94 bits per heavy atom. The van der Waals surface area contributed by atoms with Gasteiger partial charge in [-0.15, -0.1) is 0 Å². The minimum Gasteiger partial charge on any atom is -0.313 e. The topological polar surface area (TPSA) is 33.1 Å². The van der Waals surface area contributed by atoms with E-state index in [0.29, 0.717) is 6.04 Å². The van der Waals surface area contributed by atoms with Crippen LogP contribution in [0.1, 0.15) is 24.7 Å². The van der Waals surface area contributed by atoms with Gasteiger partial charge in [-0.3, -0.25) is 9.58 Å². The Morgan fingerprint density at radius 1 is 1.53 bits per heavy atom. The lowest BCUT2D eigenvalue weighted by Gasteiger charge is -2.22. The van der Waals surface area contributed by atoms with Crippen molar-refractivity contribution in [2.45, 2.75) is 32.9 Å². The fourth-order valence-corrected chi connectivity index (χ4v) is 2.86. The van der Waals surface area contributed by atoms with Crippen LogP contribution in [0.25, 0.3) is 0 Å². The molecule has 0 radical (unpaired) electrons. The maximum atomic E-state index is 4.45. The molecule has 5 heteroatoms. The van der Waals surface area contributed by atoms with E-state index in [-0.39, 0.29) is 0 Å². The van der Waals surface area contributed by atoms with Crippen LogP contribution in [0.5, 0.6) is 0 Å². The Morgan fingerprint density at radius 2 is 2.29 bits per heavy atom. The van der Waals surface area contributed by atoms with Crippen molar-refractivity contribution < 1.29 is 0 Å². The van der Waals surface area contributed by atoms with E-state index in [2.05, 4.69) is 38.2 Å².